The van der Waals surface area contributed by atoms with Gasteiger partial charge < -0.3 is 24.1 Å². The van der Waals surface area contributed by atoms with Gasteiger partial charge in [0.15, 0.2) is 0 Å². The number of hydrogen-bond donors (Lipinski definition) is 3. The van der Waals surface area contributed by atoms with Gasteiger partial charge in [-0.2, -0.15) is 0 Å². The van der Waals surface area contributed by atoms with Crippen LogP contribution >= 0.6 is 7.60 Å². The van der Waals surface area contributed by atoms with E-state index in [0.717, 1.165) is 30.3 Å². The average Bonchev–Trinajstić information content (AvgIpc) is 2.64. The molecular weight excluding hydrogens is 417 g/mol. The molecule has 0 aliphatic carbocycles. The summed E-state index contributed by atoms with van der Waals surface area (Å²) in [5.41, 5.74) is 0. The second-order valence-corrected chi connectivity index (χ2v) is 11.1. The quantitative estimate of drug-likeness (QED) is 0.108. The van der Waals surface area contributed by atoms with Gasteiger partial charge in [0.25, 0.3) is 0 Å². The van der Waals surface area contributed by atoms with Crippen LogP contribution in [0.15, 0.2) is 0 Å². The topological polar surface area (TPSA) is 104 Å². The van der Waals surface area contributed by atoms with Gasteiger partial charge in [-0.15, -0.1) is 0 Å². The van der Waals surface area contributed by atoms with E-state index in [1.165, 1.54) is 64.2 Å². The van der Waals surface area contributed by atoms with Crippen LogP contribution in [0.25, 0.3) is 0 Å². The fourth-order valence-corrected chi connectivity index (χ4v) is 3.27. The molecule has 3 N–H and O–H groups in total. The minimum absolute atomic E-state index is 0.193. The van der Waals surface area contributed by atoms with Crippen LogP contribution in [-0.2, 0) is 14.1 Å². The van der Waals surface area contributed by atoms with Gasteiger partial charge in [0.2, 0.25) is 0 Å². The third kappa shape index (κ3) is 34.3. The first kappa shape index (κ1) is 32.7. The highest BCUT2D eigenvalue weighted by Gasteiger charge is 2.13. The van der Waals surface area contributed by atoms with Crippen molar-refractivity contribution in [1.29, 1.82) is 0 Å². The molecular formula is C23H51NO6P+. The highest BCUT2D eigenvalue weighted by Crippen LogP contribution is 2.33. The first-order valence-electron chi connectivity index (χ1n) is 12.1. The fraction of sp³-hybridized carbons (Fsp3) is 0.957. The van der Waals surface area contributed by atoms with Gasteiger partial charge in [0.1, 0.15) is 13.2 Å². The highest BCUT2D eigenvalue weighted by atomic mass is 31.2. The number of unbranched alkanes of at least 4 members (excludes halogenated alkanes) is 12. The van der Waals surface area contributed by atoms with Crippen molar-refractivity contribution in [3.05, 3.63) is 0 Å². The summed E-state index contributed by atoms with van der Waals surface area (Å²) in [4.78, 5) is 28.7. The third-order valence-electron chi connectivity index (χ3n) is 4.90. The second-order valence-electron chi connectivity index (χ2n) is 9.34. The molecule has 31 heavy (non-hydrogen) atoms. The van der Waals surface area contributed by atoms with Crippen LogP contribution in [0.5, 0.6) is 0 Å². The summed E-state index contributed by atoms with van der Waals surface area (Å²) in [6.07, 6.45) is 16.3. The minimum atomic E-state index is -4.06. The van der Waals surface area contributed by atoms with E-state index in [-0.39, 0.29) is 19.2 Å². The van der Waals surface area contributed by atoms with Crippen molar-refractivity contribution < 1.29 is 33.5 Å². The van der Waals surface area contributed by atoms with Crippen molar-refractivity contribution >= 4 is 13.6 Å². The molecule has 0 spiro atoms. The second kappa shape index (κ2) is 21.4. The van der Waals surface area contributed by atoms with Gasteiger partial charge in [-0.1, -0.05) is 84.0 Å². The van der Waals surface area contributed by atoms with Gasteiger partial charge in [0, 0.05) is 6.42 Å². The summed E-state index contributed by atoms with van der Waals surface area (Å²) in [7, 11) is 2.10. The Morgan fingerprint density at radius 3 is 1.55 bits per heavy atom. The van der Waals surface area contributed by atoms with Crippen LogP contribution in [0.4, 0.5) is 0 Å². The molecule has 188 valence electrons. The van der Waals surface area contributed by atoms with Crippen LogP contribution in [0, 0.1) is 0 Å². The fourth-order valence-electron chi connectivity index (χ4n) is 2.94. The van der Waals surface area contributed by atoms with E-state index < -0.39 is 13.8 Å². The molecule has 0 saturated carbocycles. The largest absolute Gasteiger partial charge is 0.465 e. The highest BCUT2D eigenvalue weighted by molar-refractivity contribution is 7.51. The molecule has 0 radical (unpaired) electrons. The Balaban J connectivity index is 0. The zero-order chi connectivity index (χ0) is 24.0. The molecule has 0 atom stereocenters. The smallest absolute Gasteiger partial charge is 0.328 e. The molecule has 0 fully saturated rings. The lowest BCUT2D eigenvalue weighted by molar-refractivity contribution is -0.870. The number of aliphatic hydroxyl groups excluding tert-OH is 1. The lowest BCUT2D eigenvalue weighted by atomic mass is 10.0. The molecule has 0 aliphatic heterocycles. The van der Waals surface area contributed by atoms with Gasteiger partial charge in [-0.3, -0.25) is 9.36 Å². The maximum atomic E-state index is 11.4. The van der Waals surface area contributed by atoms with Crippen molar-refractivity contribution in [3.8, 4) is 0 Å². The molecule has 0 amide bonds. The number of likely N-dealkylation sites (N-methyl/N-ethyl adjacent to an activating group) is 1. The normalized spacial score (nSPS) is 11.7. The predicted molar refractivity (Wildman–Crippen MR) is 128 cm³/mol. The van der Waals surface area contributed by atoms with E-state index in [1.54, 1.807) is 0 Å². The molecule has 7 nitrogen and oxygen atoms in total. The van der Waals surface area contributed by atoms with Crippen LogP contribution in [-0.4, -0.2) is 72.4 Å². The molecule has 0 aliphatic rings. The Morgan fingerprint density at radius 1 is 0.806 bits per heavy atom. The lowest BCUT2D eigenvalue weighted by Crippen LogP contribution is -2.36. The van der Waals surface area contributed by atoms with Gasteiger partial charge >= 0.3 is 13.6 Å². The first-order valence-corrected chi connectivity index (χ1v) is 13.9. The predicted octanol–water partition coefficient (Wildman–Crippen LogP) is 4.87. The summed E-state index contributed by atoms with van der Waals surface area (Å²) in [5.74, 6) is -0.355. The molecule has 0 heterocycles. The van der Waals surface area contributed by atoms with Crippen molar-refractivity contribution in [3.63, 3.8) is 0 Å². The number of nitrogens with zero attached hydrogens (tertiary/aromatic N) is 1. The van der Waals surface area contributed by atoms with E-state index >= 15 is 0 Å². The minimum Gasteiger partial charge on any atom is -0.465 e. The number of carbonyl (C=O) groups is 1. The maximum absolute atomic E-state index is 11.4. The Kier molecular flexibility index (Phi) is 22.6. The van der Waals surface area contributed by atoms with Crippen LogP contribution < -0.4 is 0 Å². The summed E-state index contributed by atoms with van der Waals surface area (Å²) in [6, 6.07) is 0. The Labute approximate surface area is 191 Å². The molecule has 0 aromatic heterocycles. The number of carbonyl (C=O) groups excluding carboxylic acids is 1. The zero-order valence-electron chi connectivity index (χ0n) is 20.7. The van der Waals surface area contributed by atoms with E-state index in [2.05, 4.69) is 28.1 Å². The number of hydrogen-bond acceptors (Lipinski definition) is 4. The summed E-state index contributed by atoms with van der Waals surface area (Å²) in [6.45, 7) is 3.17. The standard InChI is InChI=1S/C18H37O5P.C5H14NO/c1-2-3-4-5-6-7-8-9-10-11-12-13-14-15-18(19)23-16-17-24(20,21)22;1-6(2,3)4-5-7/h2-17H2,1H3,(H2,20,21,22);7H,4-5H2,1-3H3/q;+1. The molecule has 0 bridgehead atoms. The summed E-state index contributed by atoms with van der Waals surface area (Å²) >= 11 is 0. The van der Waals surface area contributed by atoms with Crippen molar-refractivity contribution in [1.82, 2.24) is 0 Å². The number of esters is 1. The Hall–Kier alpha value is -0.460. The monoisotopic (exact) mass is 468 g/mol. The van der Waals surface area contributed by atoms with Gasteiger partial charge in [-0.05, 0) is 6.42 Å². The molecule has 8 heteroatoms. The van der Waals surface area contributed by atoms with E-state index in [0.29, 0.717) is 6.42 Å². The molecule has 0 saturated heterocycles. The first-order chi connectivity index (χ1) is 14.5. The van der Waals surface area contributed by atoms with E-state index in [4.69, 9.17) is 19.6 Å². The molecule has 0 rings (SSSR count). The third-order valence-corrected chi connectivity index (χ3v) is 5.67. The van der Waals surface area contributed by atoms with Crippen LogP contribution in [0.2, 0.25) is 0 Å². The van der Waals surface area contributed by atoms with E-state index in [1.807, 2.05) is 0 Å². The van der Waals surface area contributed by atoms with Crippen molar-refractivity contribution in [2.24, 2.45) is 0 Å². The van der Waals surface area contributed by atoms with Crippen LogP contribution in [0.3, 0.4) is 0 Å². The number of quaternary nitrogens is 1. The van der Waals surface area contributed by atoms with E-state index in [9.17, 15) is 9.36 Å². The number of rotatable bonds is 19. The molecule has 0 aromatic carbocycles. The number of aliphatic hydroxyl groups is 1. The average molecular weight is 469 g/mol. The van der Waals surface area contributed by atoms with Gasteiger partial charge in [-0.25, -0.2) is 0 Å². The Bertz CT molecular complexity index is 448. The molecule has 0 unspecified atom stereocenters. The maximum Gasteiger partial charge on any atom is 0.328 e. The van der Waals surface area contributed by atoms with Gasteiger partial charge in [0.05, 0.1) is 33.9 Å². The summed E-state index contributed by atoms with van der Waals surface area (Å²) < 4.78 is 16.2. The van der Waals surface area contributed by atoms with Crippen molar-refractivity contribution in [2.75, 3.05) is 47.1 Å². The van der Waals surface area contributed by atoms with Crippen molar-refractivity contribution in [2.45, 2.75) is 96.8 Å². The van der Waals surface area contributed by atoms with Crippen LogP contribution in [0.1, 0.15) is 96.8 Å². The Morgan fingerprint density at radius 2 is 1.23 bits per heavy atom. The lowest BCUT2D eigenvalue weighted by Gasteiger charge is -2.21. The summed E-state index contributed by atoms with van der Waals surface area (Å²) in [5, 5.41) is 8.39. The number of ether oxygens (including phenoxy) is 1. The SMILES string of the molecule is CCCCCCCCCCCCCCCC(=O)OCCP(=O)(O)O.C[N+](C)(C)CCO. The molecule has 0 aromatic rings. The zero-order valence-corrected chi connectivity index (χ0v) is 21.6.